The summed E-state index contributed by atoms with van der Waals surface area (Å²) in [5.74, 6) is 1.68. The summed E-state index contributed by atoms with van der Waals surface area (Å²) in [6.45, 7) is 22.1. The molecule has 3 aromatic carbocycles. The van der Waals surface area contributed by atoms with E-state index in [9.17, 15) is 4.79 Å². The van der Waals surface area contributed by atoms with Crippen LogP contribution in [0, 0.1) is 6.92 Å². The Morgan fingerprint density at radius 1 is 0.816 bits per heavy atom. The van der Waals surface area contributed by atoms with Gasteiger partial charge in [-0.15, -0.1) is 0 Å². The van der Waals surface area contributed by atoms with Crippen molar-refractivity contribution in [3.63, 3.8) is 0 Å². The third kappa shape index (κ3) is 8.90. The highest BCUT2D eigenvalue weighted by atomic mass is 28.4. The zero-order valence-corrected chi connectivity index (χ0v) is 32.8. The lowest BCUT2D eigenvalue weighted by molar-refractivity contribution is 0.111. The zero-order chi connectivity index (χ0) is 35.4. The van der Waals surface area contributed by atoms with Crippen LogP contribution in [0.2, 0.25) is 43.8 Å². The Hall–Kier alpha value is -3.73. The number of fused-ring (bicyclic) bond motifs is 1. The Bertz CT molecular complexity index is 1760. The minimum Gasteiger partial charge on any atom is -0.491 e. The normalized spacial score (nSPS) is 14.8. The van der Waals surface area contributed by atoms with Gasteiger partial charge in [0, 0.05) is 14.1 Å². The second-order valence-corrected chi connectivity index (χ2v) is 26.2. The maximum Gasteiger partial charge on any atom is 0.227 e. The highest BCUT2D eigenvalue weighted by molar-refractivity contribution is 6.76. The van der Waals surface area contributed by atoms with Gasteiger partial charge in [0.1, 0.15) is 18.5 Å². The summed E-state index contributed by atoms with van der Waals surface area (Å²) >= 11 is 0. The molecule has 1 aromatic heterocycles. The number of hydrogen-bond donors (Lipinski definition) is 0. The number of rotatable bonds is 14. The van der Waals surface area contributed by atoms with E-state index in [1.165, 1.54) is 33.4 Å². The van der Waals surface area contributed by atoms with E-state index in [1.54, 1.807) is 12.1 Å². The van der Waals surface area contributed by atoms with Crippen molar-refractivity contribution < 1.29 is 23.4 Å². The molecule has 0 saturated carbocycles. The molecule has 0 N–H and O–H groups in total. The lowest BCUT2D eigenvalue weighted by atomic mass is 9.89. The molecule has 1 aliphatic carbocycles. The molecule has 0 amide bonds. The molecule has 1 atom stereocenters. The van der Waals surface area contributed by atoms with E-state index >= 15 is 0 Å². The van der Waals surface area contributed by atoms with Crippen molar-refractivity contribution in [3.05, 3.63) is 95.1 Å². The summed E-state index contributed by atoms with van der Waals surface area (Å²) in [5.41, 5.74) is 9.01. The van der Waals surface area contributed by atoms with Crippen LogP contribution in [0.1, 0.15) is 60.3 Å². The minimum absolute atomic E-state index is 0.123. The van der Waals surface area contributed by atoms with Gasteiger partial charge in [-0.3, -0.25) is 4.79 Å². The average Bonchev–Trinajstić information content (AvgIpc) is 3.45. The summed E-state index contributed by atoms with van der Waals surface area (Å²) < 4.78 is 24.7. The maximum atomic E-state index is 11.7. The van der Waals surface area contributed by atoms with Crippen molar-refractivity contribution in [2.45, 2.75) is 90.5 Å². The SMILES string of the molecule is Cc1c(-c2ccc(OCCO[Si](C)(C)C(C)(C)C)cc2)cccc1-c1cccc2c1CC[C@@H]2Oc1ccc(C=O)c(OCC[Si](C)(C)C)n1. The van der Waals surface area contributed by atoms with Crippen molar-refractivity contribution in [1.82, 2.24) is 4.98 Å². The van der Waals surface area contributed by atoms with Crippen LogP contribution in [0.15, 0.2) is 72.8 Å². The first-order chi connectivity index (χ1) is 23.2. The third-order valence-electron chi connectivity index (χ3n) is 9.97. The number of carbonyl (C=O) groups excluding carboxylic acids is 1. The van der Waals surface area contributed by atoms with Crippen LogP contribution in [0.3, 0.4) is 0 Å². The fourth-order valence-corrected chi connectivity index (χ4v) is 7.68. The number of nitrogens with zero attached hydrogens (tertiary/aromatic N) is 1. The molecular formula is C41H53NO5Si2. The highest BCUT2D eigenvalue weighted by Gasteiger charge is 2.37. The van der Waals surface area contributed by atoms with Gasteiger partial charge in [0.15, 0.2) is 14.6 Å². The van der Waals surface area contributed by atoms with Crippen molar-refractivity contribution >= 4 is 22.7 Å². The van der Waals surface area contributed by atoms with Crippen molar-refractivity contribution in [1.29, 1.82) is 0 Å². The number of pyridine rings is 1. The van der Waals surface area contributed by atoms with Crippen LogP contribution in [-0.4, -0.2) is 47.5 Å². The minimum atomic E-state index is -1.78. The van der Waals surface area contributed by atoms with Crippen molar-refractivity contribution in [2.75, 3.05) is 19.8 Å². The van der Waals surface area contributed by atoms with Gasteiger partial charge < -0.3 is 18.6 Å². The van der Waals surface area contributed by atoms with E-state index in [0.29, 0.717) is 37.1 Å². The van der Waals surface area contributed by atoms with Gasteiger partial charge in [-0.1, -0.05) is 88.9 Å². The van der Waals surface area contributed by atoms with Crippen LogP contribution >= 0.6 is 0 Å². The second-order valence-electron chi connectivity index (χ2n) is 15.8. The summed E-state index contributed by atoms with van der Waals surface area (Å²) in [4.78, 5) is 16.3. The monoisotopic (exact) mass is 695 g/mol. The number of hydrogen-bond acceptors (Lipinski definition) is 6. The van der Waals surface area contributed by atoms with E-state index < -0.39 is 16.4 Å². The zero-order valence-electron chi connectivity index (χ0n) is 30.8. The Morgan fingerprint density at radius 2 is 1.51 bits per heavy atom. The Labute approximate surface area is 295 Å². The largest absolute Gasteiger partial charge is 0.491 e. The third-order valence-corrected chi connectivity index (χ3v) is 16.2. The molecule has 0 spiro atoms. The molecule has 0 fully saturated rings. The first kappa shape index (κ1) is 36.6. The molecule has 1 aliphatic rings. The van der Waals surface area contributed by atoms with Crippen LogP contribution in [-0.2, 0) is 10.8 Å². The van der Waals surface area contributed by atoms with Gasteiger partial charge in [-0.25, -0.2) is 0 Å². The molecule has 260 valence electrons. The molecule has 8 heteroatoms. The van der Waals surface area contributed by atoms with Gasteiger partial charge >= 0.3 is 0 Å². The van der Waals surface area contributed by atoms with Gasteiger partial charge in [0.2, 0.25) is 11.8 Å². The number of aromatic nitrogens is 1. The molecule has 0 aliphatic heterocycles. The van der Waals surface area contributed by atoms with Crippen LogP contribution in [0.4, 0.5) is 0 Å². The van der Waals surface area contributed by atoms with Crippen LogP contribution < -0.4 is 14.2 Å². The molecule has 0 radical (unpaired) electrons. The Morgan fingerprint density at radius 3 is 2.20 bits per heavy atom. The number of carbonyl (C=O) groups is 1. The number of ether oxygens (including phenoxy) is 3. The van der Waals surface area contributed by atoms with E-state index in [1.807, 2.05) is 12.1 Å². The van der Waals surface area contributed by atoms with Gasteiger partial charge in [0.05, 0.1) is 18.8 Å². The molecule has 49 heavy (non-hydrogen) atoms. The summed E-state index contributed by atoms with van der Waals surface area (Å²) in [5, 5.41) is 0.186. The Kier molecular flexibility index (Phi) is 11.2. The molecule has 0 unspecified atom stereocenters. The fourth-order valence-electron chi connectivity index (χ4n) is 5.94. The second kappa shape index (κ2) is 15.0. The molecule has 1 heterocycles. The highest BCUT2D eigenvalue weighted by Crippen LogP contribution is 2.42. The number of benzene rings is 3. The molecule has 6 nitrogen and oxygen atoms in total. The van der Waals surface area contributed by atoms with Crippen molar-refractivity contribution in [2.24, 2.45) is 0 Å². The summed E-state index contributed by atoms with van der Waals surface area (Å²) in [7, 11) is -3.06. The van der Waals surface area contributed by atoms with Gasteiger partial charge in [-0.05, 0) is 101 Å². The van der Waals surface area contributed by atoms with Crippen LogP contribution in [0.5, 0.6) is 17.5 Å². The lowest BCUT2D eigenvalue weighted by Crippen LogP contribution is -2.41. The predicted molar refractivity (Wildman–Crippen MR) is 206 cm³/mol. The number of aldehydes is 1. The first-order valence-corrected chi connectivity index (χ1v) is 24.1. The van der Waals surface area contributed by atoms with Crippen LogP contribution in [0.25, 0.3) is 22.3 Å². The quantitative estimate of drug-likeness (QED) is 0.0743. The predicted octanol–water partition coefficient (Wildman–Crippen LogP) is 10.7. The molecule has 4 aromatic rings. The average molecular weight is 696 g/mol. The van der Waals surface area contributed by atoms with E-state index in [-0.39, 0.29) is 11.1 Å². The lowest BCUT2D eigenvalue weighted by Gasteiger charge is -2.36. The summed E-state index contributed by atoms with van der Waals surface area (Å²) in [6, 6.07) is 25.9. The Balaban J connectivity index is 1.29. The van der Waals surface area contributed by atoms with Gasteiger partial charge in [-0.2, -0.15) is 4.98 Å². The standard InChI is InChI=1S/C41H53NO5Si2/c1-29-33(30-16-19-32(20-17-30)44-24-25-46-49(8,9)41(2,3)4)12-10-13-34(29)35-14-11-15-37-36(35)21-22-38(37)47-39-23-18-31(28-43)40(42-39)45-26-27-48(5,6)7/h10-20,23,28,38H,21-22,24-27H2,1-9H3/t38-/m0/s1. The molecule has 0 saturated heterocycles. The summed E-state index contributed by atoms with van der Waals surface area (Å²) in [6.07, 6.45) is 2.44. The topological polar surface area (TPSA) is 66.9 Å². The maximum absolute atomic E-state index is 11.7. The van der Waals surface area contributed by atoms with E-state index in [2.05, 4.69) is 114 Å². The molecule has 5 rings (SSSR count). The van der Waals surface area contributed by atoms with E-state index in [4.69, 9.17) is 18.6 Å². The van der Waals surface area contributed by atoms with E-state index in [0.717, 1.165) is 36.5 Å². The molecule has 0 bridgehead atoms. The smallest absolute Gasteiger partial charge is 0.227 e. The van der Waals surface area contributed by atoms with Crippen molar-refractivity contribution in [3.8, 4) is 39.8 Å². The fraction of sp³-hybridized carbons (Fsp3) is 0.415. The van der Waals surface area contributed by atoms with Gasteiger partial charge in [0.25, 0.3) is 0 Å². The molecular weight excluding hydrogens is 643 g/mol. The first-order valence-electron chi connectivity index (χ1n) is 17.5.